The number of anilines is 1. The van der Waals surface area contributed by atoms with Gasteiger partial charge in [-0.05, 0) is 117 Å². The molecular formula is C67H68N4. The zero-order chi connectivity index (χ0) is 50.5. The number of para-hydroxylation sites is 3. The van der Waals surface area contributed by atoms with Gasteiger partial charge in [0.1, 0.15) is 0 Å². The van der Waals surface area contributed by atoms with E-state index in [1.54, 1.807) is 6.08 Å². The molecule has 4 nitrogen and oxygen atoms in total. The van der Waals surface area contributed by atoms with Crippen LogP contribution in [0.3, 0.4) is 0 Å². The van der Waals surface area contributed by atoms with E-state index in [2.05, 4.69) is 224 Å². The van der Waals surface area contributed by atoms with Crippen LogP contribution in [0.1, 0.15) is 62.2 Å². The fourth-order valence-electron chi connectivity index (χ4n) is 9.10. The van der Waals surface area contributed by atoms with Crippen LogP contribution in [0.2, 0.25) is 0 Å². The van der Waals surface area contributed by atoms with Crippen molar-refractivity contribution in [2.45, 2.75) is 47.1 Å². The zero-order valence-corrected chi connectivity index (χ0v) is 42.2. The summed E-state index contributed by atoms with van der Waals surface area (Å²) in [6, 6.07) is 25.7. The fourth-order valence-corrected chi connectivity index (χ4v) is 9.10. The zero-order valence-electron chi connectivity index (χ0n) is 42.2. The summed E-state index contributed by atoms with van der Waals surface area (Å²) < 4.78 is 4.67. The number of likely N-dealkylation sites (N-methyl/N-ethyl adjacent to an activating group) is 1. The van der Waals surface area contributed by atoms with Crippen molar-refractivity contribution < 1.29 is 0 Å². The number of nitrogens with zero attached hydrogens (tertiary/aromatic N) is 4. The van der Waals surface area contributed by atoms with Crippen LogP contribution in [-0.2, 0) is 13.0 Å². The van der Waals surface area contributed by atoms with Gasteiger partial charge >= 0.3 is 0 Å². The third kappa shape index (κ3) is 12.2. The van der Waals surface area contributed by atoms with E-state index in [9.17, 15) is 0 Å². The molecule has 1 aliphatic carbocycles. The summed E-state index contributed by atoms with van der Waals surface area (Å²) in [5, 5.41) is 2.31. The molecule has 0 aliphatic heterocycles. The molecule has 0 unspecified atom stereocenters. The van der Waals surface area contributed by atoms with Crippen molar-refractivity contribution in [2.75, 3.05) is 24.5 Å². The molecule has 0 saturated heterocycles. The van der Waals surface area contributed by atoms with Crippen LogP contribution in [0.4, 0.5) is 5.69 Å². The van der Waals surface area contributed by atoms with Crippen molar-refractivity contribution in [3.63, 3.8) is 0 Å². The summed E-state index contributed by atoms with van der Waals surface area (Å²) in [5.74, 6) is 2.67. The molecule has 2 heterocycles. The first kappa shape index (κ1) is 51.9. The molecule has 2 aromatic heterocycles. The molecule has 5 aromatic rings. The van der Waals surface area contributed by atoms with E-state index >= 15 is 0 Å². The Labute approximate surface area is 424 Å². The lowest BCUT2D eigenvalue weighted by atomic mass is 10.0. The van der Waals surface area contributed by atoms with E-state index in [0.717, 1.165) is 73.7 Å². The summed E-state index contributed by atoms with van der Waals surface area (Å²) in [4.78, 5) is 4.79. The van der Waals surface area contributed by atoms with Gasteiger partial charge in [-0.2, -0.15) is 0 Å². The predicted octanol–water partition coefficient (Wildman–Crippen LogP) is 16.8. The van der Waals surface area contributed by atoms with Crippen molar-refractivity contribution >= 4 is 57.5 Å². The van der Waals surface area contributed by atoms with Gasteiger partial charge in [0.2, 0.25) is 0 Å². The topological polar surface area (TPSA) is 16.3 Å². The number of hydrogen-bond acceptors (Lipinski definition) is 2. The number of hydrogen-bond donors (Lipinski definition) is 0. The largest absolute Gasteiger partial charge is 0.364 e. The van der Waals surface area contributed by atoms with Crippen molar-refractivity contribution in [1.29, 1.82) is 0 Å². The second-order valence-electron chi connectivity index (χ2n) is 16.8. The lowest BCUT2D eigenvalue weighted by Gasteiger charge is -2.28. The second kappa shape index (κ2) is 26.3. The van der Waals surface area contributed by atoms with Gasteiger partial charge in [0.25, 0.3) is 0 Å². The molecule has 0 amide bonds. The highest BCUT2D eigenvalue weighted by molar-refractivity contribution is 5.97. The van der Waals surface area contributed by atoms with E-state index in [1.807, 2.05) is 61.6 Å². The van der Waals surface area contributed by atoms with E-state index in [1.165, 1.54) is 22.1 Å². The lowest BCUT2D eigenvalue weighted by molar-refractivity contribution is 0.428. The van der Waals surface area contributed by atoms with E-state index in [-0.39, 0.29) is 0 Å². The van der Waals surface area contributed by atoms with Crippen LogP contribution in [-0.4, -0.2) is 33.7 Å². The SMILES string of the molecule is C#C/C=C\Cc1ccccc1N(CC)C(/C=C(C=C)/C(=C/CN(C/C=C\C=C)C(/C=C\C=C)=C(/C)CC)/C=C(\C=C)n1c(/C=C\C)c(C=C)c2ccccc21)=C/Cn1c2c(c3ccccc31)C=CC=C=C2. The van der Waals surface area contributed by atoms with Crippen LogP contribution < -0.4 is 4.90 Å². The third-order valence-corrected chi connectivity index (χ3v) is 12.6. The lowest BCUT2D eigenvalue weighted by Crippen LogP contribution is -2.24. The molecule has 0 fully saturated rings. The molecule has 71 heavy (non-hydrogen) atoms. The van der Waals surface area contributed by atoms with Gasteiger partial charge in [0.05, 0.1) is 16.9 Å². The molecular weight excluding hydrogens is 861 g/mol. The highest BCUT2D eigenvalue weighted by atomic mass is 15.1. The molecule has 0 saturated carbocycles. The minimum absolute atomic E-state index is 0.582. The molecule has 0 spiro atoms. The Morgan fingerprint density at radius 2 is 1.56 bits per heavy atom. The predicted molar refractivity (Wildman–Crippen MR) is 314 cm³/mol. The van der Waals surface area contributed by atoms with Gasteiger partial charge in [-0.15, -0.1) is 12.2 Å². The monoisotopic (exact) mass is 929 g/mol. The average Bonchev–Trinajstić information content (AvgIpc) is 3.74. The first-order valence-corrected chi connectivity index (χ1v) is 24.5. The molecule has 6 rings (SSSR count). The molecule has 0 radical (unpaired) electrons. The molecule has 1 aliphatic rings. The summed E-state index contributed by atoms with van der Waals surface area (Å²) in [5.41, 5.74) is 18.5. The minimum atomic E-state index is 0.582. The van der Waals surface area contributed by atoms with Crippen molar-refractivity contribution in [1.82, 2.24) is 14.0 Å². The third-order valence-electron chi connectivity index (χ3n) is 12.6. The smallest absolute Gasteiger partial charge is 0.0572 e. The van der Waals surface area contributed by atoms with Crippen molar-refractivity contribution in [2.24, 2.45) is 0 Å². The maximum atomic E-state index is 5.69. The maximum Gasteiger partial charge on any atom is 0.0572 e. The molecule has 0 atom stereocenters. The quantitative estimate of drug-likeness (QED) is 0.0348. The average molecular weight is 929 g/mol. The summed E-state index contributed by atoms with van der Waals surface area (Å²) in [6.07, 6.45) is 50.7. The van der Waals surface area contributed by atoms with Gasteiger partial charge in [0.15, 0.2) is 0 Å². The number of terminal acetylenes is 1. The Hall–Kier alpha value is -8.48. The van der Waals surface area contributed by atoms with Gasteiger partial charge in [-0.3, -0.25) is 0 Å². The van der Waals surface area contributed by atoms with Gasteiger partial charge in [0, 0.05) is 82.4 Å². The minimum Gasteiger partial charge on any atom is -0.364 e. The molecule has 356 valence electrons. The number of fused-ring (bicyclic) bond motifs is 4. The highest BCUT2D eigenvalue weighted by Crippen LogP contribution is 2.35. The maximum absolute atomic E-state index is 5.69. The van der Waals surface area contributed by atoms with Crippen LogP contribution in [0, 0.1) is 12.3 Å². The fraction of sp³-hybridized carbons (Fsp3) is 0.149. The van der Waals surface area contributed by atoms with Crippen LogP contribution in [0.15, 0.2) is 243 Å². The van der Waals surface area contributed by atoms with Crippen LogP contribution in [0.25, 0.3) is 51.8 Å². The van der Waals surface area contributed by atoms with E-state index in [4.69, 9.17) is 6.42 Å². The Kier molecular flexibility index (Phi) is 19.2. The van der Waals surface area contributed by atoms with E-state index in [0.29, 0.717) is 32.6 Å². The Morgan fingerprint density at radius 1 is 0.817 bits per heavy atom. The molecule has 0 bridgehead atoms. The summed E-state index contributed by atoms with van der Waals surface area (Å²) in [6.45, 7) is 32.4. The van der Waals surface area contributed by atoms with Gasteiger partial charge < -0.3 is 18.9 Å². The number of allylic oxidation sites excluding steroid dienone is 19. The standard InChI is InChI=1S/C67H68N4/c1-11-20-24-35-54-36-27-30-41-63(54)69(19-9)57(46-49-70-64-42-26-23-25-37-60(64)61-39-28-31-43-65(61)70)50-53(16-6)55(45-48-68(47-33-21-12-2)62(40-22-13-3)52(10)15-5)51-56(17-7)71-66(34-14-4)58(18-8)59-38-29-32-44-67(59)71/h1,12-14,16-18,20-25,27-34,36-46,50-51H,2-3,6-8,15,19,35,47-49H2,4-5,9-10H3/b24-20-,33-21-,34-14-,40-22-,53-50+,55-45+,56-51+,57-46+,62-52-. The summed E-state index contributed by atoms with van der Waals surface area (Å²) >= 11 is 0. The first-order valence-electron chi connectivity index (χ1n) is 24.5. The molecule has 3 aromatic carbocycles. The Balaban J connectivity index is 1.68. The molecule has 0 N–H and O–H groups in total. The summed E-state index contributed by atoms with van der Waals surface area (Å²) in [7, 11) is 0. The normalized spacial score (nSPS) is 13.6. The van der Waals surface area contributed by atoms with E-state index < -0.39 is 0 Å². The number of aromatic nitrogens is 2. The van der Waals surface area contributed by atoms with Crippen LogP contribution >= 0.6 is 0 Å². The Bertz CT molecular complexity index is 3220. The number of rotatable bonds is 24. The van der Waals surface area contributed by atoms with Gasteiger partial charge in [-0.1, -0.05) is 179 Å². The molecule has 4 heteroatoms. The highest BCUT2D eigenvalue weighted by Gasteiger charge is 2.19. The van der Waals surface area contributed by atoms with Gasteiger partial charge in [-0.25, -0.2) is 0 Å². The Morgan fingerprint density at radius 3 is 2.27 bits per heavy atom. The first-order chi connectivity index (χ1) is 34.8. The van der Waals surface area contributed by atoms with Crippen molar-refractivity contribution in [3.05, 3.63) is 271 Å². The second-order valence-corrected chi connectivity index (χ2v) is 16.8. The van der Waals surface area contributed by atoms with Crippen LogP contribution in [0.5, 0.6) is 0 Å². The van der Waals surface area contributed by atoms with Crippen molar-refractivity contribution in [3.8, 4) is 12.3 Å². The number of benzene rings is 3.